The molecule has 0 radical (unpaired) electrons. The van der Waals surface area contributed by atoms with Gasteiger partial charge in [-0.2, -0.15) is 0 Å². The molecule has 0 bridgehead atoms. The number of pyridine rings is 1. The zero-order valence-corrected chi connectivity index (χ0v) is 14.2. The average molecular weight is 341 g/mol. The largest absolute Gasteiger partial charge is 0.473 e. The first kappa shape index (κ1) is 17.4. The van der Waals surface area contributed by atoms with Crippen LogP contribution in [0.3, 0.4) is 0 Å². The van der Waals surface area contributed by atoms with Crippen molar-refractivity contribution in [2.24, 2.45) is 0 Å². The van der Waals surface area contributed by atoms with Gasteiger partial charge in [0.1, 0.15) is 6.61 Å². The van der Waals surface area contributed by atoms with Gasteiger partial charge >= 0.3 is 0 Å². The molecule has 1 N–H and O–H groups in total. The summed E-state index contributed by atoms with van der Waals surface area (Å²) in [4.78, 5) is 20.8. The number of carbonyl (C=O) groups is 1. The van der Waals surface area contributed by atoms with Gasteiger partial charge in [0.25, 0.3) is 5.91 Å². The molecule has 6 nitrogen and oxygen atoms in total. The minimum atomic E-state index is -0.00856. The lowest BCUT2D eigenvalue weighted by Crippen LogP contribution is -2.49. The molecule has 1 aromatic heterocycles. The van der Waals surface area contributed by atoms with Gasteiger partial charge < -0.3 is 14.7 Å². The summed E-state index contributed by atoms with van der Waals surface area (Å²) in [7, 11) is 0. The first-order chi connectivity index (χ1) is 12.3. The minimum Gasteiger partial charge on any atom is -0.473 e. The molecule has 3 rings (SSSR count). The van der Waals surface area contributed by atoms with Gasteiger partial charge in [0.15, 0.2) is 0 Å². The second-order valence-corrected chi connectivity index (χ2v) is 6.02. The van der Waals surface area contributed by atoms with Crippen LogP contribution in [-0.2, 0) is 6.61 Å². The van der Waals surface area contributed by atoms with Crippen LogP contribution >= 0.6 is 0 Å². The van der Waals surface area contributed by atoms with Crippen LogP contribution < -0.4 is 4.74 Å². The number of aliphatic hydroxyl groups is 1. The van der Waals surface area contributed by atoms with E-state index in [2.05, 4.69) is 9.88 Å². The molecule has 1 saturated heterocycles. The van der Waals surface area contributed by atoms with Crippen LogP contribution in [0.5, 0.6) is 5.88 Å². The summed E-state index contributed by atoms with van der Waals surface area (Å²) in [5, 5.41) is 8.97. The lowest BCUT2D eigenvalue weighted by Gasteiger charge is -2.34. The number of rotatable bonds is 6. The molecule has 0 spiro atoms. The van der Waals surface area contributed by atoms with Crippen molar-refractivity contribution in [1.29, 1.82) is 0 Å². The third-order valence-corrected chi connectivity index (χ3v) is 4.29. The molecule has 132 valence electrons. The Kier molecular flexibility index (Phi) is 5.98. The normalized spacial score (nSPS) is 15.2. The van der Waals surface area contributed by atoms with Crippen LogP contribution in [0.15, 0.2) is 48.7 Å². The maximum Gasteiger partial charge on any atom is 0.255 e. The molecular weight excluding hydrogens is 318 g/mol. The molecule has 0 unspecified atom stereocenters. The maximum absolute atomic E-state index is 12.5. The fourth-order valence-corrected chi connectivity index (χ4v) is 2.82. The number of carbonyl (C=O) groups excluding carboxylic acids is 1. The molecule has 25 heavy (non-hydrogen) atoms. The second-order valence-electron chi connectivity index (χ2n) is 6.02. The standard InChI is InChI=1S/C19H23N3O3/c23-13-12-21-8-10-22(11-9-21)19(24)17-6-7-18(20-14-17)25-15-16-4-2-1-3-5-16/h1-7,14,23H,8-13,15H2. The Morgan fingerprint density at radius 3 is 2.48 bits per heavy atom. The van der Waals surface area contributed by atoms with Crippen LogP contribution in [0.25, 0.3) is 0 Å². The molecule has 2 aromatic rings. The number of β-amino-alcohol motifs (C(OH)–C–C–N with tert-alkyl or cyclic N) is 1. The van der Waals surface area contributed by atoms with E-state index in [1.807, 2.05) is 35.2 Å². The first-order valence-electron chi connectivity index (χ1n) is 8.51. The predicted molar refractivity (Wildman–Crippen MR) is 94.4 cm³/mol. The Morgan fingerprint density at radius 2 is 1.84 bits per heavy atom. The predicted octanol–water partition coefficient (Wildman–Crippen LogP) is 1.41. The summed E-state index contributed by atoms with van der Waals surface area (Å²) in [6.45, 7) is 4.19. The van der Waals surface area contributed by atoms with E-state index in [0.717, 1.165) is 18.7 Å². The van der Waals surface area contributed by atoms with Crippen LogP contribution in [0.4, 0.5) is 0 Å². The molecule has 1 amide bonds. The summed E-state index contributed by atoms with van der Waals surface area (Å²) >= 11 is 0. The fourth-order valence-electron chi connectivity index (χ4n) is 2.82. The molecule has 1 aliphatic rings. The topological polar surface area (TPSA) is 65.9 Å². The lowest BCUT2D eigenvalue weighted by atomic mass is 10.2. The van der Waals surface area contributed by atoms with E-state index in [9.17, 15) is 4.79 Å². The van der Waals surface area contributed by atoms with Gasteiger partial charge in [-0.05, 0) is 11.6 Å². The summed E-state index contributed by atoms with van der Waals surface area (Å²) < 4.78 is 5.65. The van der Waals surface area contributed by atoms with Crippen molar-refractivity contribution >= 4 is 5.91 Å². The van der Waals surface area contributed by atoms with E-state index >= 15 is 0 Å². The van der Waals surface area contributed by atoms with Gasteiger partial charge in [-0.25, -0.2) is 4.98 Å². The third-order valence-electron chi connectivity index (χ3n) is 4.29. The second kappa shape index (κ2) is 8.60. The summed E-state index contributed by atoms with van der Waals surface area (Å²) in [5.41, 5.74) is 1.65. The van der Waals surface area contributed by atoms with Crippen LogP contribution in [0.2, 0.25) is 0 Å². The van der Waals surface area contributed by atoms with Gasteiger partial charge in [0, 0.05) is 45.0 Å². The number of nitrogens with zero attached hydrogens (tertiary/aromatic N) is 3. The monoisotopic (exact) mass is 341 g/mol. The molecule has 1 aliphatic heterocycles. The number of piperazine rings is 1. The smallest absolute Gasteiger partial charge is 0.255 e. The zero-order valence-electron chi connectivity index (χ0n) is 14.2. The number of ether oxygens (including phenoxy) is 1. The number of hydrogen-bond donors (Lipinski definition) is 1. The molecule has 6 heteroatoms. The molecular formula is C19H23N3O3. The number of aromatic nitrogens is 1. The van der Waals surface area contributed by atoms with Gasteiger partial charge in [-0.15, -0.1) is 0 Å². The Balaban J connectivity index is 1.52. The molecule has 0 aliphatic carbocycles. The van der Waals surface area contributed by atoms with Gasteiger partial charge in [-0.3, -0.25) is 9.69 Å². The van der Waals surface area contributed by atoms with E-state index in [1.165, 1.54) is 0 Å². The Bertz CT molecular complexity index is 668. The van der Waals surface area contributed by atoms with E-state index < -0.39 is 0 Å². The summed E-state index contributed by atoms with van der Waals surface area (Å²) in [6.07, 6.45) is 1.57. The fraction of sp³-hybridized carbons (Fsp3) is 0.368. The third kappa shape index (κ3) is 4.78. The highest BCUT2D eigenvalue weighted by atomic mass is 16.5. The molecule has 0 saturated carbocycles. The van der Waals surface area contributed by atoms with Gasteiger partial charge in [0.05, 0.1) is 12.2 Å². The Morgan fingerprint density at radius 1 is 1.08 bits per heavy atom. The highest BCUT2D eigenvalue weighted by Gasteiger charge is 2.22. The number of aliphatic hydroxyl groups excluding tert-OH is 1. The quantitative estimate of drug-likeness (QED) is 0.861. The highest BCUT2D eigenvalue weighted by Crippen LogP contribution is 2.13. The molecule has 1 aromatic carbocycles. The van der Waals surface area contributed by atoms with Crippen LogP contribution in [-0.4, -0.2) is 65.1 Å². The zero-order chi connectivity index (χ0) is 17.5. The highest BCUT2D eigenvalue weighted by molar-refractivity contribution is 5.94. The van der Waals surface area contributed by atoms with Crippen molar-refractivity contribution in [3.63, 3.8) is 0 Å². The van der Waals surface area contributed by atoms with Crippen LogP contribution in [0, 0.1) is 0 Å². The number of hydrogen-bond acceptors (Lipinski definition) is 5. The van der Waals surface area contributed by atoms with Crippen molar-refractivity contribution in [3.8, 4) is 5.88 Å². The van der Waals surface area contributed by atoms with Crippen LogP contribution in [0.1, 0.15) is 15.9 Å². The summed E-state index contributed by atoms with van der Waals surface area (Å²) in [5.74, 6) is 0.499. The number of benzene rings is 1. The van der Waals surface area contributed by atoms with Crippen molar-refractivity contribution in [3.05, 3.63) is 59.8 Å². The van der Waals surface area contributed by atoms with Crippen molar-refractivity contribution in [2.75, 3.05) is 39.3 Å². The van der Waals surface area contributed by atoms with Crippen molar-refractivity contribution in [1.82, 2.24) is 14.8 Å². The number of amides is 1. The Hall–Kier alpha value is -2.44. The van der Waals surface area contributed by atoms with E-state index in [4.69, 9.17) is 9.84 Å². The van der Waals surface area contributed by atoms with Gasteiger partial charge in [0.2, 0.25) is 5.88 Å². The average Bonchev–Trinajstić information content (AvgIpc) is 2.68. The van der Waals surface area contributed by atoms with Crippen molar-refractivity contribution < 1.29 is 14.6 Å². The minimum absolute atomic E-state index is 0.00856. The van der Waals surface area contributed by atoms with E-state index in [0.29, 0.717) is 37.7 Å². The summed E-state index contributed by atoms with van der Waals surface area (Å²) in [6, 6.07) is 13.4. The van der Waals surface area contributed by atoms with E-state index in [-0.39, 0.29) is 12.5 Å². The van der Waals surface area contributed by atoms with E-state index in [1.54, 1.807) is 18.3 Å². The molecule has 2 heterocycles. The molecule has 0 atom stereocenters. The first-order valence-corrected chi connectivity index (χ1v) is 8.51. The maximum atomic E-state index is 12.5. The molecule has 1 fully saturated rings. The van der Waals surface area contributed by atoms with Gasteiger partial charge in [-0.1, -0.05) is 30.3 Å². The lowest BCUT2D eigenvalue weighted by molar-refractivity contribution is 0.0614. The van der Waals surface area contributed by atoms with Crippen molar-refractivity contribution in [2.45, 2.75) is 6.61 Å². The Labute approximate surface area is 147 Å². The SMILES string of the molecule is O=C(c1ccc(OCc2ccccc2)nc1)N1CCN(CCO)CC1.